The van der Waals surface area contributed by atoms with Gasteiger partial charge in [-0.1, -0.05) is 55.6 Å². The average Bonchev–Trinajstić information content (AvgIpc) is 2.58. The van der Waals surface area contributed by atoms with Gasteiger partial charge in [-0.15, -0.1) is 0 Å². The van der Waals surface area contributed by atoms with E-state index in [1.165, 1.54) is 0 Å². The highest BCUT2D eigenvalue weighted by atomic mass is 35.5. The number of halogens is 1. The maximum atomic E-state index is 12.1. The molecule has 3 nitrogen and oxygen atoms in total. The van der Waals surface area contributed by atoms with Gasteiger partial charge in [-0.25, -0.2) is 0 Å². The lowest BCUT2D eigenvalue weighted by Crippen LogP contribution is -2.24. The fraction of sp³-hybridized carbons (Fsp3) is 0.316. The van der Waals surface area contributed by atoms with Gasteiger partial charge in [-0.3, -0.25) is 4.79 Å². The number of hydrogen-bond acceptors (Lipinski definition) is 2. The summed E-state index contributed by atoms with van der Waals surface area (Å²) >= 11 is 6.11. The van der Waals surface area contributed by atoms with Crippen LogP contribution in [-0.4, -0.2) is 12.5 Å². The number of hydrogen-bond donors (Lipinski definition) is 1. The van der Waals surface area contributed by atoms with E-state index < -0.39 is 0 Å². The fourth-order valence-corrected chi connectivity index (χ4v) is 2.37. The normalized spacial score (nSPS) is 10.3. The van der Waals surface area contributed by atoms with E-state index >= 15 is 0 Å². The Morgan fingerprint density at radius 2 is 1.96 bits per heavy atom. The second-order valence-electron chi connectivity index (χ2n) is 5.37. The first-order valence-corrected chi connectivity index (χ1v) is 8.33. The minimum atomic E-state index is -0.0655. The summed E-state index contributed by atoms with van der Waals surface area (Å²) in [6.45, 7) is 3.22. The molecule has 0 unspecified atom stereocenters. The molecule has 0 saturated heterocycles. The minimum absolute atomic E-state index is 0.0655. The van der Waals surface area contributed by atoms with Gasteiger partial charge in [0.15, 0.2) is 0 Å². The van der Waals surface area contributed by atoms with Crippen LogP contribution in [0.1, 0.15) is 42.1 Å². The Morgan fingerprint density at radius 3 is 2.74 bits per heavy atom. The fourth-order valence-electron chi connectivity index (χ4n) is 2.18. The van der Waals surface area contributed by atoms with Crippen LogP contribution in [0.2, 0.25) is 5.02 Å². The van der Waals surface area contributed by atoms with Crippen molar-refractivity contribution < 1.29 is 9.53 Å². The van der Waals surface area contributed by atoms with Crippen LogP contribution in [0.3, 0.4) is 0 Å². The molecule has 1 amide bonds. The zero-order valence-electron chi connectivity index (χ0n) is 13.3. The van der Waals surface area contributed by atoms with E-state index in [4.69, 9.17) is 16.3 Å². The van der Waals surface area contributed by atoms with Crippen LogP contribution in [0, 0.1) is 0 Å². The molecule has 0 heterocycles. The SMILES string of the molecule is CCCCCNC(=O)c1cccc(OCc2ccccc2Cl)c1. The van der Waals surface area contributed by atoms with Crippen molar-refractivity contribution in [3.05, 3.63) is 64.7 Å². The molecule has 0 saturated carbocycles. The van der Waals surface area contributed by atoms with Crippen molar-refractivity contribution >= 4 is 17.5 Å². The molecule has 2 rings (SSSR count). The molecule has 0 aromatic heterocycles. The molecule has 0 aliphatic heterocycles. The summed E-state index contributed by atoms with van der Waals surface area (Å²) in [5.74, 6) is 0.593. The molecule has 0 aliphatic rings. The predicted octanol–water partition coefficient (Wildman–Crippen LogP) is 4.84. The lowest BCUT2D eigenvalue weighted by Gasteiger charge is -2.09. The first-order chi connectivity index (χ1) is 11.2. The Kier molecular flexibility index (Phi) is 6.95. The molecule has 0 spiro atoms. The summed E-state index contributed by atoms with van der Waals surface area (Å²) in [7, 11) is 0. The lowest BCUT2D eigenvalue weighted by molar-refractivity contribution is 0.0952. The molecular weight excluding hydrogens is 310 g/mol. The maximum Gasteiger partial charge on any atom is 0.251 e. The number of ether oxygens (including phenoxy) is 1. The molecule has 0 aliphatic carbocycles. The van der Waals surface area contributed by atoms with Gasteiger partial charge in [0.2, 0.25) is 0 Å². The Balaban J connectivity index is 1.91. The van der Waals surface area contributed by atoms with Crippen molar-refractivity contribution in [2.45, 2.75) is 32.8 Å². The van der Waals surface area contributed by atoms with E-state index in [0.717, 1.165) is 24.8 Å². The van der Waals surface area contributed by atoms with Gasteiger partial charge in [0.1, 0.15) is 12.4 Å². The summed E-state index contributed by atoms with van der Waals surface area (Å²) < 4.78 is 5.74. The molecule has 1 N–H and O–H groups in total. The number of amides is 1. The second kappa shape index (κ2) is 9.21. The Bertz CT molecular complexity index is 643. The van der Waals surface area contributed by atoms with E-state index in [0.29, 0.717) is 29.5 Å². The number of benzene rings is 2. The standard InChI is InChI=1S/C19H22ClNO2/c1-2-3-6-12-21-19(22)15-9-7-10-17(13-15)23-14-16-8-4-5-11-18(16)20/h4-5,7-11,13H,2-3,6,12,14H2,1H3,(H,21,22). The summed E-state index contributed by atoms with van der Waals surface area (Å²) in [6, 6.07) is 14.8. The molecule has 23 heavy (non-hydrogen) atoms. The van der Waals surface area contributed by atoms with Crippen molar-refractivity contribution in [2.75, 3.05) is 6.54 Å². The highest BCUT2D eigenvalue weighted by Crippen LogP contribution is 2.19. The number of carbonyl (C=O) groups is 1. The largest absolute Gasteiger partial charge is 0.489 e. The van der Waals surface area contributed by atoms with Crippen LogP contribution in [0.25, 0.3) is 0 Å². The van der Waals surface area contributed by atoms with E-state index in [1.54, 1.807) is 12.1 Å². The molecule has 0 radical (unpaired) electrons. The summed E-state index contributed by atoms with van der Waals surface area (Å²) in [6.07, 6.45) is 3.27. The average molecular weight is 332 g/mol. The van der Waals surface area contributed by atoms with Gasteiger partial charge in [0, 0.05) is 22.7 Å². The Hall–Kier alpha value is -2.00. The Labute approximate surface area is 142 Å². The molecule has 4 heteroatoms. The molecule has 0 fully saturated rings. The zero-order valence-corrected chi connectivity index (χ0v) is 14.1. The Morgan fingerprint density at radius 1 is 1.13 bits per heavy atom. The van der Waals surface area contributed by atoms with Crippen LogP contribution < -0.4 is 10.1 Å². The summed E-state index contributed by atoms with van der Waals surface area (Å²) in [5.41, 5.74) is 1.53. The highest BCUT2D eigenvalue weighted by Gasteiger charge is 2.07. The molecule has 122 valence electrons. The number of carbonyl (C=O) groups excluding carboxylic acids is 1. The molecule has 2 aromatic rings. The quantitative estimate of drug-likeness (QED) is 0.703. The number of nitrogens with one attached hydrogen (secondary N) is 1. The maximum absolute atomic E-state index is 12.1. The molecule has 0 atom stereocenters. The molecule has 0 bridgehead atoms. The van der Waals surface area contributed by atoms with E-state index in [9.17, 15) is 4.79 Å². The van der Waals surface area contributed by atoms with Crippen LogP contribution >= 0.6 is 11.6 Å². The summed E-state index contributed by atoms with van der Waals surface area (Å²) in [5, 5.41) is 3.61. The number of rotatable bonds is 8. The van der Waals surface area contributed by atoms with Crippen molar-refractivity contribution in [3.8, 4) is 5.75 Å². The highest BCUT2D eigenvalue weighted by molar-refractivity contribution is 6.31. The lowest BCUT2D eigenvalue weighted by atomic mass is 10.2. The van der Waals surface area contributed by atoms with Crippen LogP contribution in [0.5, 0.6) is 5.75 Å². The van der Waals surface area contributed by atoms with Gasteiger partial charge in [-0.05, 0) is 30.7 Å². The van der Waals surface area contributed by atoms with Crippen molar-refractivity contribution in [1.82, 2.24) is 5.32 Å². The van der Waals surface area contributed by atoms with Crippen LogP contribution in [-0.2, 0) is 6.61 Å². The molecule has 2 aromatic carbocycles. The number of unbranched alkanes of at least 4 members (excludes halogenated alkanes) is 2. The van der Waals surface area contributed by atoms with Crippen LogP contribution in [0.4, 0.5) is 0 Å². The smallest absolute Gasteiger partial charge is 0.251 e. The predicted molar refractivity (Wildman–Crippen MR) is 94.1 cm³/mol. The van der Waals surface area contributed by atoms with Crippen molar-refractivity contribution in [2.24, 2.45) is 0 Å². The van der Waals surface area contributed by atoms with E-state index in [2.05, 4.69) is 12.2 Å². The van der Waals surface area contributed by atoms with Gasteiger partial charge >= 0.3 is 0 Å². The van der Waals surface area contributed by atoms with Crippen LogP contribution in [0.15, 0.2) is 48.5 Å². The monoisotopic (exact) mass is 331 g/mol. The van der Waals surface area contributed by atoms with E-state index in [-0.39, 0.29) is 5.91 Å². The van der Waals surface area contributed by atoms with E-state index in [1.807, 2.05) is 36.4 Å². The first kappa shape index (κ1) is 17.4. The topological polar surface area (TPSA) is 38.3 Å². The molecular formula is C19H22ClNO2. The van der Waals surface area contributed by atoms with Crippen molar-refractivity contribution in [1.29, 1.82) is 0 Å². The van der Waals surface area contributed by atoms with Gasteiger partial charge < -0.3 is 10.1 Å². The third-order valence-electron chi connectivity index (χ3n) is 3.51. The van der Waals surface area contributed by atoms with Crippen molar-refractivity contribution in [3.63, 3.8) is 0 Å². The third kappa shape index (κ3) is 5.61. The second-order valence-corrected chi connectivity index (χ2v) is 5.78. The first-order valence-electron chi connectivity index (χ1n) is 7.95. The third-order valence-corrected chi connectivity index (χ3v) is 3.88. The van der Waals surface area contributed by atoms with Gasteiger partial charge in [0.25, 0.3) is 5.91 Å². The summed E-state index contributed by atoms with van der Waals surface area (Å²) in [4.78, 5) is 12.1. The van der Waals surface area contributed by atoms with Gasteiger partial charge in [0.05, 0.1) is 0 Å². The zero-order chi connectivity index (χ0) is 16.5. The van der Waals surface area contributed by atoms with Gasteiger partial charge in [-0.2, -0.15) is 0 Å². The minimum Gasteiger partial charge on any atom is -0.489 e.